The molecule has 0 spiro atoms. The highest BCUT2D eigenvalue weighted by Gasteiger charge is 2.54. The largest absolute Gasteiger partial charge is 0.543 e. The molecule has 3 heteroatoms. The third kappa shape index (κ3) is 3.09. The minimum Gasteiger partial charge on any atom is -0.543 e. The van der Waals surface area contributed by atoms with Crippen molar-refractivity contribution in [3.8, 4) is 5.75 Å². The van der Waals surface area contributed by atoms with Gasteiger partial charge in [-0.1, -0.05) is 33.8 Å². The quantitative estimate of drug-likeness (QED) is 0.605. The standard InChI is InChI=1S/C24H38O2Si/c1-23(2,3)27(5,6)26-17-8-10-18-16(15-17)7-9-20-19(18)13-14-24(4)21(20)11-12-22(24)25/h8,10,15,19-22,25H,7,9,11-14H2,1-6H3/t19-,20-,21+,22-,24+/m1/s1. The molecule has 150 valence electrons. The van der Waals surface area contributed by atoms with E-state index in [-0.39, 0.29) is 16.6 Å². The molecule has 0 amide bonds. The van der Waals surface area contributed by atoms with Crippen LogP contribution in [0.4, 0.5) is 0 Å². The van der Waals surface area contributed by atoms with Gasteiger partial charge in [-0.15, -0.1) is 0 Å². The zero-order chi connectivity index (χ0) is 19.6. The second kappa shape index (κ2) is 6.35. The number of benzene rings is 1. The van der Waals surface area contributed by atoms with Gasteiger partial charge in [0.25, 0.3) is 0 Å². The van der Waals surface area contributed by atoms with Gasteiger partial charge in [0.05, 0.1) is 6.10 Å². The van der Waals surface area contributed by atoms with Crippen molar-refractivity contribution in [1.82, 2.24) is 0 Å². The van der Waals surface area contributed by atoms with Gasteiger partial charge in [-0.25, -0.2) is 0 Å². The van der Waals surface area contributed by atoms with Crippen LogP contribution in [0.1, 0.15) is 76.8 Å². The summed E-state index contributed by atoms with van der Waals surface area (Å²) in [5.74, 6) is 3.25. The molecule has 5 atom stereocenters. The van der Waals surface area contributed by atoms with Gasteiger partial charge in [0.2, 0.25) is 8.32 Å². The second-order valence-electron chi connectivity index (χ2n) is 11.3. The highest BCUT2D eigenvalue weighted by atomic mass is 28.4. The van der Waals surface area contributed by atoms with E-state index in [9.17, 15) is 5.11 Å². The number of hydrogen-bond acceptors (Lipinski definition) is 2. The molecule has 0 radical (unpaired) electrons. The lowest BCUT2D eigenvalue weighted by Gasteiger charge is -2.50. The van der Waals surface area contributed by atoms with Gasteiger partial charge in [0.15, 0.2) is 0 Å². The van der Waals surface area contributed by atoms with Gasteiger partial charge in [-0.05, 0) is 103 Å². The SMILES string of the molecule is CC(C)(C)[Si](C)(C)Oc1ccc2c(c1)CC[C@@H]1[C@@H]2CC[C@]2(C)[C@H](O)CC[C@@H]12. The zero-order valence-corrected chi connectivity index (χ0v) is 19.1. The summed E-state index contributed by atoms with van der Waals surface area (Å²) in [4.78, 5) is 0. The Labute approximate surface area is 166 Å². The fraction of sp³-hybridized carbons (Fsp3) is 0.750. The van der Waals surface area contributed by atoms with Gasteiger partial charge in [0.1, 0.15) is 5.75 Å². The minimum absolute atomic E-state index is 0.0785. The first-order valence-electron chi connectivity index (χ1n) is 11.0. The Morgan fingerprint density at radius 1 is 1.11 bits per heavy atom. The molecule has 0 aromatic heterocycles. The molecule has 1 aromatic rings. The fourth-order valence-corrected chi connectivity index (χ4v) is 7.06. The van der Waals surface area contributed by atoms with E-state index < -0.39 is 8.32 Å². The molecule has 4 rings (SSSR count). The fourth-order valence-electron chi connectivity index (χ4n) is 6.04. The minimum atomic E-state index is -1.79. The summed E-state index contributed by atoms with van der Waals surface area (Å²) in [6, 6.07) is 6.96. The number of aliphatic hydroxyl groups excluding tert-OH is 1. The van der Waals surface area contributed by atoms with Crippen LogP contribution in [0.25, 0.3) is 0 Å². The summed E-state index contributed by atoms with van der Waals surface area (Å²) in [7, 11) is -1.79. The molecule has 0 bridgehead atoms. The molecule has 0 unspecified atom stereocenters. The number of fused-ring (bicyclic) bond motifs is 5. The Hall–Kier alpha value is -0.803. The third-order valence-corrected chi connectivity index (χ3v) is 13.2. The van der Waals surface area contributed by atoms with Crippen molar-refractivity contribution in [3.05, 3.63) is 29.3 Å². The Bertz CT molecular complexity index is 720. The van der Waals surface area contributed by atoms with Gasteiger partial charge in [-0.2, -0.15) is 0 Å². The van der Waals surface area contributed by atoms with Crippen LogP contribution < -0.4 is 4.43 Å². The predicted octanol–water partition coefficient (Wildman–Crippen LogP) is 6.29. The number of aryl methyl sites for hydroxylation is 1. The van der Waals surface area contributed by atoms with Crippen LogP contribution in [0, 0.1) is 17.3 Å². The van der Waals surface area contributed by atoms with Crippen molar-refractivity contribution in [2.24, 2.45) is 17.3 Å². The molecule has 3 aliphatic carbocycles. The Morgan fingerprint density at radius 3 is 2.56 bits per heavy atom. The third-order valence-electron chi connectivity index (χ3n) is 8.83. The average Bonchev–Trinajstić information content (AvgIpc) is 2.88. The lowest BCUT2D eigenvalue weighted by atomic mass is 9.55. The molecular formula is C24H38O2Si. The first-order chi connectivity index (χ1) is 12.5. The molecule has 0 aliphatic heterocycles. The van der Waals surface area contributed by atoms with Gasteiger partial charge in [0, 0.05) is 0 Å². The van der Waals surface area contributed by atoms with E-state index in [4.69, 9.17) is 4.43 Å². The van der Waals surface area contributed by atoms with E-state index in [1.807, 2.05) is 0 Å². The molecule has 1 N–H and O–H groups in total. The first-order valence-corrected chi connectivity index (χ1v) is 13.9. The van der Waals surface area contributed by atoms with Crippen molar-refractivity contribution in [2.45, 2.75) is 96.4 Å². The van der Waals surface area contributed by atoms with Crippen LogP contribution in [-0.4, -0.2) is 19.5 Å². The molecule has 2 fully saturated rings. The zero-order valence-electron chi connectivity index (χ0n) is 18.1. The van der Waals surface area contributed by atoms with Gasteiger partial charge >= 0.3 is 0 Å². The van der Waals surface area contributed by atoms with E-state index in [1.54, 1.807) is 5.56 Å². The van der Waals surface area contributed by atoms with E-state index in [0.29, 0.717) is 11.8 Å². The molecule has 2 saturated carbocycles. The summed E-state index contributed by atoms with van der Waals surface area (Å²) in [6.45, 7) is 13.9. The molecule has 2 nitrogen and oxygen atoms in total. The van der Waals surface area contributed by atoms with Crippen LogP contribution in [0.3, 0.4) is 0 Å². The maximum atomic E-state index is 10.6. The maximum Gasteiger partial charge on any atom is 0.250 e. The van der Waals surface area contributed by atoms with E-state index in [0.717, 1.165) is 18.1 Å². The van der Waals surface area contributed by atoms with Crippen LogP contribution in [-0.2, 0) is 6.42 Å². The number of aliphatic hydroxyl groups is 1. The van der Waals surface area contributed by atoms with Gasteiger partial charge in [-0.3, -0.25) is 0 Å². The van der Waals surface area contributed by atoms with Crippen LogP contribution in [0.5, 0.6) is 5.75 Å². The molecular weight excluding hydrogens is 348 g/mol. The van der Waals surface area contributed by atoms with Crippen LogP contribution in [0.2, 0.25) is 18.1 Å². The van der Waals surface area contributed by atoms with Crippen molar-refractivity contribution in [2.75, 3.05) is 0 Å². The van der Waals surface area contributed by atoms with Crippen LogP contribution >= 0.6 is 0 Å². The normalized spacial score (nSPS) is 36.0. The predicted molar refractivity (Wildman–Crippen MR) is 115 cm³/mol. The lowest BCUT2D eigenvalue weighted by molar-refractivity contribution is -0.0226. The van der Waals surface area contributed by atoms with Crippen molar-refractivity contribution in [3.63, 3.8) is 0 Å². The Morgan fingerprint density at radius 2 is 1.85 bits per heavy atom. The average molecular weight is 387 g/mol. The Kier molecular flexibility index (Phi) is 4.59. The van der Waals surface area contributed by atoms with E-state index >= 15 is 0 Å². The highest BCUT2D eigenvalue weighted by Crippen LogP contribution is 2.61. The van der Waals surface area contributed by atoms with Crippen molar-refractivity contribution >= 4 is 8.32 Å². The number of rotatable bonds is 2. The molecule has 0 saturated heterocycles. The molecule has 3 aliphatic rings. The Balaban J connectivity index is 1.58. The smallest absolute Gasteiger partial charge is 0.250 e. The summed E-state index contributed by atoms with van der Waals surface area (Å²) < 4.78 is 6.57. The van der Waals surface area contributed by atoms with Crippen molar-refractivity contribution < 1.29 is 9.53 Å². The summed E-state index contributed by atoms with van der Waals surface area (Å²) in [5.41, 5.74) is 3.27. The monoisotopic (exact) mass is 386 g/mol. The van der Waals surface area contributed by atoms with E-state index in [1.165, 1.54) is 37.7 Å². The lowest BCUT2D eigenvalue weighted by Crippen LogP contribution is -2.44. The topological polar surface area (TPSA) is 29.5 Å². The molecule has 27 heavy (non-hydrogen) atoms. The first kappa shape index (κ1) is 19.5. The molecule has 0 heterocycles. The second-order valence-corrected chi connectivity index (χ2v) is 16.0. The summed E-state index contributed by atoms with van der Waals surface area (Å²) in [6.07, 6.45) is 7.04. The summed E-state index contributed by atoms with van der Waals surface area (Å²) in [5, 5.41) is 10.8. The maximum absolute atomic E-state index is 10.6. The number of hydrogen-bond donors (Lipinski definition) is 1. The van der Waals surface area contributed by atoms with Gasteiger partial charge < -0.3 is 9.53 Å². The van der Waals surface area contributed by atoms with E-state index in [2.05, 4.69) is 59.0 Å². The summed E-state index contributed by atoms with van der Waals surface area (Å²) >= 11 is 0. The molecule has 1 aromatic carbocycles. The highest BCUT2D eigenvalue weighted by molar-refractivity contribution is 6.74. The van der Waals surface area contributed by atoms with Crippen molar-refractivity contribution in [1.29, 1.82) is 0 Å². The van der Waals surface area contributed by atoms with Crippen LogP contribution in [0.15, 0.2) is 18.2 Å².